The van der Waals surface area contributed by atoms with Gasteiger partial charge in [0.25, 0.3) is 0 Å². The van der Waals surface area contributed by atoms with E-state index in [0.29, 0.717) is 40.5 Å². The summed E-state index contributed by atoms with van der Waals surface area (Å²) in [6.45, 7) is 2.56. The molecule has 1 aromatic heterocycles. The topological polar surface area (TPSA) is 80.5 Å². The van der Waals surface area contributed by atoms with Crippen LogP contribution in [-0.2, 0) is 17.9 Å². The van der Waals surface area contributed by atoms with E-state index >= 15 is 0 Å². The number of carbonyl (C=O) groups excluding carboxylic acids is 1. The minimum Gasteiger partial charge on any atom is -0.489 e. The van der Waals surface area contributed by atoms with E-state index in [-0.39, 0.29) is 11.8 Å². The third kappa shape index (κ3) is 6.68. The molecule has 2 heterocycles. The van der Waals surface area contributed by atoms with E-state index in [1.165, 1.54) is 0 Å². The lowest BCUT2D eigenvalue weighted by Gasteiger charge is -2.30. The van der Waals surface area contributed by atoms with Gasteiger partial charge in [-0.3, -0.25) is 9.69 Å². The van der Waals surface area contributed by atoms with Crippen molar-refractivity contribution in [2.75, 3.05) is 18.4 Å². The second-order valence-electron chi connectivity index (χ2n) is 8.97. The standard InChI is InChI=1S/C28H26Cl2N4O3/c29-21-6-11-24(25(30)16-21)27-32-26(37-33-27)17-34-14-12-20(13-15-34)28(35)31-22-7-9-23(10-8-22)36-18-19-4-2-1-3-5-19/h1-11,16,20H,12-15,17-18H2,(H,31,35). The molecular formula is C28H26Cl2N4O3. The summed E-state index contributed by atoms with van der Waals surface area (Å²) < 4.78 is 11.2. The van der Waals surface area contributed by atoms with E-state index in [0.717, 1.165) is 42.9 Å². The lowest BCUT2D eigenvalue weighted by atomic mass is 9.96. The Balaban J connectivity index is 1.08. The summed E-state index contributed by atoms with van der Waals surface area (Å²) in [6.07, 6.45) is 1.52. The highest BCUT2D eigenvalue weighted by molar-refractivity contribution is 6.36. The smallest absolute Gasteiger partial charge is 0.241 e. The molecule has 1 amide bonds. The van der Waals surface area contributed by atoms with E-state index in [4.69, 9.17) is 32.5 Å². The number of carbonyl (C=O) groups is 1. The zero-order valence-electron chi connectivity index (χ0n) is 20.1. The summed E-state index contributed by atoms with van der Waals surface area (Å²) in [5.74, 6) is 1.70. The Morgan fingerprint density at radius 1 is 1.03 bits per heavy atom. The summed E-state index contributed by atoms with van der Waals surface area (Å²) in [4.78, 5) is 19.5. The minimum absolute atomic E-state index is 0.0371. The number of hydrogen-bond donors (Lipinski definition) is 1. The Bertz CT molecular complexity index is 1340. The zero-order valence-corrected chi connectivity index (χ0v) is 21.6. The van der Waals surface area contributed by atoms with Crippen LogP contribution in [0.5, 0.6) is 5.75 Å². The van der Waals surface area contributed by atoms with Crippen LogP contribution in [0.3, 0.4) is 0 Å². The SMILES string of the molecule is O=C(Nc1ccc(OCc2ccccc2)cc1)C1CCN(Cc2nc(-c3ccc(Cl)cc3Cl)no2)CC1. The summed E-state index contributed by atoms with van der Waals surface area (Å²) in [6, 6.07) is 22.6. The number of nitrogens with zero attached hydrogens (tertiary/aromatic N) is 3. The predicted octanol–water partition coefficient (Wildman–Crippen LogP) is 6.47. The largest absolute Gasteiger partial charge is 0.489 e. The quantitative estimate of drug-likeness (QED) is 0.277. The molecule has 0 saturated carbocycles. The average molecular weight is 537 g/mol. The van der Waals surface area contributed by atoms with Crippen molar-refractivity contribution in [2.45, 2.75) is 26.0 Å². The molecule has 1 N–H and O–H groups in total. The molecule has 0 bridgehead atoms. The fraction of sp³-hybridized carbons (Fsp3) is 0.250. The number of rotatable bonds is 8. The van der Waals surface area contributed by atoms with Gasteiger partial charge in [0.1, 0.15) is 12.4 Å². The van der Waals surface area contributed by atoms with E-state index < -0.39 is 0 Å². The molecular weight excluding hydrogens is 511 g/mol. The highest BCUT2D eigenvalue weighted by atomic mass is 35.5. The van der Waals surface area contributed by atoms with Crippen LogP contribution in [0.2, 0.25) is 10.0 Å². The molecule has 7 nitrogen and oxygen atoms in total. The van der Waals surface area contributed by atoms with Gasteiger partial charge in [-0.2, -0.15) is 4.98 Å². The first-order valence-corrected chi connectivity index (χ1v) is 12.9. The minimum atomic E-state index is -0.0450. The van der Waals surface area contributed by atoms with Gasteiger partial charge in [-0.05, 0) is 74.0 Å². The lowest BCUT2D eigenvalue weighted by Crippen LogP contribution is -2.37. The van der Waals surface area contributed by atoms with Gasteiger partial charge >= 0.3 is 0 Å². The van der Waals surface area contributed by atoms with Crippen molar-refractivity contribution >= 4 is 34.8 Å². The first-order chi connectivity index (χ1) is 18.0. The molecule has 1 saturated heterocycles. The molecule has 5 rings (SSSR count). The van der Waals surface area contributed by atoms with Crippen LogP contribution in [0.15, 0.2) is 77.3 Å². The maximum atomic E-state index is 12.8. The number of anilines is 1. The van der Waals surface area contributed by atoms with Crippen molar-refractivity contribution in [1.82, 2.24) is 15.0 Å². The number of nitrogens with one attached hydrogen (secondary N) is 1. The molecule has 1 aliphatic rings. The average Bonchev–Trinajstić information content (AvgIpc) is 3.37. The Morgan fingerprint density at radius 3 is 2.51 bits per heavy atom. The van der Waals surface area contributed by atoms with Crippen LogP contribution < -0.4 is 10.1 Å². The molecule has 3 aromatic carbocycles. The summed E-state index contributed by atoms with van der Waals surface area (Å²) >= 11 is 12.2. The third-order valence-corrected chi connectivity index (χ3v) is 6.88. The highest BCUT2D eigenvalue weighted by Gasteiger charge is 2.26. The normalized spacial score (nSPS) is 14.4. The number of aromatic nitrogens is 2. The van der Waals surface area contributed by atoms with Gasteiger partial charge < -0.3 is 14.6 Å². The van der Waals surface area contributed by atoms with Gasteiger partial charge in [0.2, 0.25) is 17.6 Å². The van der Waals surface area contributed by atoms with Gasteiger partial charge in [0.05, 0.1) is 11.6 Å². The van der Waals surface area contributed by atoms with Crippen molar-refractivity contribution in [2.24, 2.45) is 5.92 Å². The second-order valence-corrected chi connectivity index (χ2v) is 9.82. The predicted molar refractivity (Wildman–Crippen MR) is 144 cm³/mol. The van der Waals surface area contributed by atoms with Crippen molar-refractivity contribution < 1.29 is 14.1 Å². The number of piperidine rings is 1. The van der Waals surface area contributed by atoms with Crippen LogP contribution in [-0.4, -0.2) is 34.0 Å². The summed E-state index contributed by atoms with van der Waals surface area (Å²) in [5.41, 5.74) is 2.54. The maximum absolute atomic E-state index is 12.8. The first kappa shape index (κ1) is 25.3. The molecule has 0 atom stereocenters. The number of benzene rings is 3. The third-order valence-electron chi connectivity index (χ3n) is 6.33. The Hall–Kier alpha value is -3.39. The van der Waals surface area contributed by atoms with Crippen molar-refractivity contribution in [3.05, 3.63) is 94.3 Å². The van der Waals surface area contributed by atoms with Crippen LogP contribution >= 0.6 is 23.2 Å². The molecule has 0 unspecified atom stereocenters. The molecule has 1 aliphatic heterocycles. The van der Waals surface area contributed by atoms with E-state index in [1.54, 1.807) is 18.2 Å². The van der Waals surface area contributed by atoms with Crippen LogP contribution in [0.1, 0.15) is 24.3 Å². The Morgan fingerprint density at radius 2 is 1.78 bits per heavy atom. The van der Waals surface area contributed by atoms with Crippen molar-refractivity contribution in [3.8, 4) is 17.1 Å². The van der Waals surface area contributed by atoms with E-state index in [9.17, 15) is 4.79 Å². The number of ether oxygens (including phenoxy) is 1. The van der Waals surface area contributed by atoms with Gasteiger partial charge in [-0.1, -0.05) is 58.7 Å². The van der Waals surface area contributed by atoms with Gasteiger partial charge in [0, 0.05) is 22.2 Å². The molecule has 1 fully saturated rings. The second kappa shape index (κ2) is 11.8. The summed E-state index contributed by atoms with van der Waals surface area (Å²) in [7, 11) is 0. The number of amides is 1. The Labute approximate surface area is 225 Å². The highest BCUT2D eigenvalue weighted by Crippen LogP contribution is 2.29. The maximum Gasteiger partial charge on any atom is 0.241 e. The van der Waals surface area contributed by atoms with Crippen molar-refractivity contribution in [1.29, 1.82) is 0 Å². The molecule has 9 heteroatoms. The fourth-order valence-electron chi connectivity index (χ4n) is 4.26. The summed E-state index contributed by atoms with van der Waals surface area (Å²) in [5, 5.41) is 8.11. The van der Waals surface area contributed by atoms with Crippen LogP contribution in [0.4, 0.5) is 5.69 Å². The molecule has 37 heavy (non-hydrogen) atoms. The Kier molecular flexibility index (Phi) is 8.04. The van der Waals surface area contributed by atoms with Gasteiger partial charge in [-0.25, -0.2) is 0 Å². The molecule has 4 aromatic rings. The number of hydrogen-bond acceptors (Lipinski definition) is 6. The zero-order chi connectivity index (χ0) is 25.6. The van der Waals surface area contributed by atoms with Gasteiger partial charge in [-0.15, -0.1) is 0 Å². The van der Waals surface area contributed by atoms with E-state index in [1.807, 2.05) is 54.6 Å². The monoisotopic (exact) mass is 536 g/mol. The molecule has 0 radical (unpaired) electrons. The number of halogens is 2. The molecule has 0 aliphatic carbocycles. The fourth-order valence-corrected chi connectivity index (χ4v) is 4.76. The first-order valence-electron chi connectivity index (χ1n) is 12.1. The van der Waals surface area contributed by atoms with Crippen LogP contribution in [0, 0.1) is 5.92 Å². The number of likely N-dealkylation sites (tertiary alicyclic amines) is 1. The van der Waals surface area contributed by atoms with E-state index in [2.05, 4.69) is 20.4 Å². The van der Waals surface area contributed by atoms with Crippen LogP contribution in [0.25, 0.3) is 11.4 Å². The molecule has 190 valence electrons. The van der Waals surface area contributed by atoms with Crippen molar-refractivity contribution in [3.63, 3.8) is 0 Å². The molecule has 0 spiro atoms. The lowest BCUT2D eigenvalue weighted by molar-refractivity contribution is -0.121. The van der Waals surface area contributed by atoms with Gasteiger partial charge in [0.15, 0.2) is 0 Å².